The number of rotatable bonds is 5. The van der Waals surface area contributed by atoms with Crippen LogP contribution in [0.5, 0.6) is 0 Å². The summed E-state index contributed by atoms with van der Waals surface area (Å²) in [5, 5.41) is 9.07. The van der Waals surface area contributed by atoms with Gasteiger partial charge in [0.1, 0.15) is 5.82 Å². The van der Waals surface area contributed by atoms with Gasteiger partial charge < -0.3 is 10.0 Å². The van der Waals surface area contributed by atoms with Gasteiger partial charge in [-0.1, -0.05) is 6.07 Å². The lowest BCUT2D eigenvalue weighted by Gasteiger charge is -2.44. The molecule has 0 radical (unpaired) electrons. The molecule has 1 unspecified atom stereocenters. The van der Waals surface area contributed by atoms with Gasteiger partial charge in [0, 0.05) is 31.4 Å². The van der Waals surface area contributed by atoms with E-state index in [0.29, 0.717) is 16.9 Å². The van der Waals surface area contributed by atoms with Gasteiger partial charge in [0.2, 0.25) is 10.0 Å². The average Bonchev–Trinajstić information content (AvgIpc) is 2.68. The molecule has 1 fully saturated rings. The molecule has 1 aliphatic heterocycles. The first-order valence-electron chi connectivity index (χ1n) is 9.93. The molecule has 0 aliphatic carbocycles. The predicted molar refractivity (Wildman–Crippen MR) is 112 cm³/mol. The first-order chi connectivity index (χ1) is 14.8. The molecule has 1 aliphatic rings. The van der Waals surface area contributed by atoms with Gasteiger partial charge in [-0.15, -0.1) is 0 Å². The van der Waals surface area contributed by atoms with E-state index in [4.69, 9.17) is 5.11 Å². The molecule has 7 nitrogen and oxygen atoms in total. The average molecular weight is 472 g/mol. The maximum Gasteiger partial charge on any atom is 0.417 e. The molecule has 2 heterocycles. The number of benzene rings is 1. The van der Waals surface area contributed by atoms with E-state index in [1.54, 1.807) is 31.7 Å². The first kappa shape index (κ1) is 24.0. The van der Waals surface area contributed by atoms with Gasteiger partial charge in [-0.25, -0.2) is 13.4 Å². The molecule has 0 amide bonds. The van der Waals surface area contributed by atoms with Crippen LogP contribution in [-0.4, -0.2) is 54.0 Å². The van der Waals surface area contributed by atoms with E-state index >= 15 is 0 Å². The van der Waals surface area contributed by atoms with E-state index in [0.717, 1.165) is 12.3 Å². The summed E-state index contributed by atoms with van der Waals surface area (Å²) < 4.78 is 66.3. The van der Waals surface area contributed by atoms with Crippen LogP contribution in [0.1, 0.15) is 30.5 Å². The lowest BCUT2D eigenvalue weighted by atomic mass is 10.1. The number of nitrogens with zero attached hydrogens (tertiary/aromatic N) is 3. The third-order valence-corrected chi connectivity index (χ3v) is 7.35. The highest BCUT2D eigenvalue weighted by Gasteiger charge is 2.37. The zero-order valence-electron chi connectivity index (χ0n) is 17.8. The zero-order valence-corrected chi connectivity index (χ0v) is 18.6. The minimum absolute atomic E-state index is 0.0138. The van der Waals surface area contributed by atoms with Gasteiger partial charge in [0.25, 0.3) is 0 Å². The fourth-order valence-corrected chi connectivity index (χ4v) is 5.59. The van der Waals surface area contributed by atoms with Crippen molar-refractivity contribution in [1.29, 1.82) is 0 Å². The number of hydrogen-bond acceptors (Lipinski definition) is 5. The molecule has 1 N–H and O–H groups in total. The number of aromatic nitrogens is 1. The standard InChI is InChI=1S/C21H24F3N3O4S/c1-13-4-6-18(8-16(13)9-20(28)29)32(30,31)26-11-14(2)27(15(3)12-26)19-7-5-17(10-25-19)21(22,23)24/h4-8,10,14-15H,9,11-12H2,1-3H3,(H,28,29)/t14-,15?/m0/s1. The van der Waals surface area contributed by atoms with Crippen LogP contribution < -0.4 is 4.90 Å². The number of aryl methyl sites for hydroxylation is 1. The highest BCUT2D eigenvalue weighted by Crippen LogP contribution is 2.31. The second-order valence-electron chi connectivity index (χ2n) is 7.99. The Balaban J connectivity index is 1.84. The molecule has 0 saturated carbocycles. The van der Waals surface area contributed by atoms with E-state index in [2.05, 4.69) is 4.98 Å². The van der Waals surface area contributed by atoms with Gasteiger partial charge >= 0.3 is 12.1 Å². The van der Waals surface area contributed by atoms with Crippen molar-refractivity contribution < 1.29 is 31.5 Å². The van der Waals surface area contributed by atoms with Gasteiger partial charge in [0.05, 0.1) is 16.9 Å². The molecule has 174 valence electrons. The van der Waals surface area contributed by atoms with E-state index in [1.165, 1.54) is 22.5 Å². The molecule has 1 saturated heterocycles. The maximum absolute atomic E-state index is 13.2. The Morgan fingerprint density at radius 3 is 2.28 bits per heavy atom. The zero-order chi connectivity index (χ0) is 23.8. The Labute approximate surface area is 184 Å². The number of sulfonamides is 1. The number of hydrogen-bond donors (Lipinski definition) is 1. The molecule has 1 aromatic carbocycles. The van der Waals surface area contributed by atoms with Gasteiger partial charge in [-0.3, -0.25) is 4.79 Å². The number of carboxylic acid groups (broad SMARTS) is 1. The third-order valence-electron chi connectivity index (χ3n) is 5.53. The summed E-state index contributed by atoms with van der Waals surface area (Å²) in [5.41, 5.74) is 0.262. The first-order valence-corrected chi connectivity index (χ1v) is 11.4. The van der Waals surface area contributed by atoms with Crippen LogP contribution in [0.3, 0.4) is 0 Å². The number of alkyl halides is 3. The summed E-state index contributed by atoms with van der Waals surface area (Å²) in [6, 6.07) is 5.98. The Hall–Kier alpha value is -2.66. The van der Waals surface area contributed by atoms with E-state index in [-0.39, 0.29) is 36.5 Å². The fraction of sp³-hybridized carbons (Fsp3) is 0.429. The molecular weight excluding hydrogens is 447 g/mol. The van der Waals surface area contributed by atoms with Crippen molar-refractivity contribution in [3.8, 4) is 0 Å². The monoisotopic (exact) mass is 471 g/mol. The third kappa shape index (κ3) is 4.88. The highest BCUT2D eigenvalue weighted by atomic mass is 32.2. The largest absolute Gasteiger partial charge is 0.481 e. The predicted octanol–water partition coefficient (Wildman–Crippen LogP) is 3.32. The van der Waals surface area contributed by atoms with Crippen LogP contribution >= 0.6 is 0 Å². The lowest BCUT2D eigenvalue weighted by Crippen LogP contribution is -2.58. The molecule has 0 spiro atoms. The molecule has 1 aromatic heterocycles. The summed E-state index contributed by atoms with van der Waals surface area (Å²) in [4.78, 5) is 16.8. The molecule has 11 heteroatoms. The highest BCUT2D eigenvalue weighted by molar-refractivity contribution is 7.89. The van der Waals surface area contributed by atoms with Crippen LogP contribution in [0.4, 0.5) is 19.0 Å². The van der Waals surface area contributed by atoms with Crippen LogP contribution in [-0.2, 0) is 27.4 Å². The number of carboxylic acids is 1. The van der Waals surface area contributed by atoms with Crippen molar-refractivity contribution in [3.63, 3.8) is 0 Å². The van der Waals surface area contributed by atoms with Crippen LogP contribution in [0.15, 0.2) is 41.4 Å². The Morgan fingerprint density at radius 1 is 1.16 bits per heavy atom. The Morgan fingerprint density at radius 2 is 1.78 bits per heavy atom. The normalized spacial score (nSPS) is 20.4. The topological polar surface area (TPSA) is 90.8 Å². The van der Waals surface area contributed by atoms with Crippen LogP contribution in [0.2, 0.25) is 0 Å². The number of aliphatic carboxylic acids is 1. The number of carbonyl (C=O) groups is 1. The number of piperazine rings is 1. The number of pyridine rings is 1. The van der Waals surface area contributed by atoms with E-state index < -0.39 is 27.7 Å². The minimum Gasteiger partial charge on any atom is -0.481 e. The Kier molecular flexibility index (Phi) is 6.52. The second-order valence-corrected chi connectivity index (χ2v) is 9.93. The van der Waals surface area contributed by atoms with Crippen molar-refractivity contribution in [2.24, 2.45) is 0 Å². The Bertz CT molecular complexity index is 1090. The van der Waals surface area contributed by atoms with Crippen molar-refractivity contribution in [2.75, 3.05) is 18.0 Å². The second kappa shape index (κ2) is 8.70. The van der Waals surface area contributed by atoms with E-state index in [1.807, 2.05) is 0 Å². The van der Waals surface area contributed by atoms with Gasteiger partial charge in [-0.2, -0.15) is 17.5 Å². The molecule has 32 heavy (non-hydrogen) atoms. The maximum atomic E-state index is 13.2. The fourth-order valence-electron chi connectivity index (χ4n) is 3.94. The number of halogens is 3. The van der Waals surface area contributed by atoms with Crippen molar-refractivity contribution in [1.82, 2.24) is 9.29 Å². The molecule has 0 bridgehead atoms. The summed E-state index contributed by atoms with van der Waals surface area (Å²) in [7, 11) is -3.89. The summed E-state index contributed by atoms with van der Waals surface area (Å²) in [5.74, 6) is -0.711. The van der Waals surface area contributed by atoms with Crippen LogP contribution in [0, 0.1) is 6.92 Å². The minimum atomic E-state index is -4.48. The van der Waals surface area contributed by atoms with Crippen molar-refractivity contribution in [2.45, 2.75) is 50.3 Å². The SMILES string of the molecule is Cc1ccc(S(=O)(=O)N2CC(C)N(c3ccc(C(F)(F)F)cn3)[C@@H](C)C2)cc1CC(=O)O. The summed E-state index contributed by atoms with van der Waals surface area (Å²) in [6.07, 6.45) is -3.99. The molecule has 2 aromatic rings. The smallest absolute Gasteiger partial charge is 0.417 e. The summed E-state index contributed by atoms with van der Waals surface area (Å²) in [6.45, 7) is 5.49. The molecule has 3 rings (SSSR count). The van der Waals surface area contributed by atoms with Gasteiger partial charge in [-0.05, 0) is 56.2 Å². The molecular formula is C21H24F3N3O4S. The summed E-state index contributed by atoms with van der Waals surface area (Å²) >= 11 is 0. The number of anilines is 1. The van der Waals surface area contributed by atoms with Crippen molar-refractivity contribution >= 4 is 21.8 Å². The van der Waals surface area contributed by atoms with Crippen molar-refractivity contribution in [3.05, 3.63) is 53.2 Å². The van der Waals surface area contributed by atoms with Crippen LogP contribution in [0.25, 0.3) is 0 Å². The lowest BCUT2D eigenvalue weighted by molar-refractivity contribution is -0.138. The molecule has 2 atom stereocenters. The quantitative estimate of drug-likeness (QED) is 0.720. The van der Waals surface area contributed by atoms with E-state index in [9.17, 15) is 26.4 Å². The van der Waals surface area contributed by atoms with Gasteiger partial charge in [0.15, 0.2) is 0 Å².